The van der Waals surface area contributed by atoms with Crippen LogP contribution in [0.15, 0.2) is 35.5 Å². The predicted molar refractivity (Wildman–Crippen MR) is 104 cm³/mol. The number of aryl methyl sites for hydroxylation is 1. The molecular weight excluding hydrogens is 413 g/mol. The fourth-order valence-corrected chi connectivity index (χ4v) is 4.26. The number of rotatable bonds is 4. The maximum atomic E-state index is 6.00. The molecule has 1 atom stereocenters. The highest BCUT2D eigenvalue weighted by atomic mass is 127. The molecule has 0 fully saturated rings. The Morgan fingerprint density at radius 3 is 3.08 bits per heavy atom. The van der Waals surface area contributed by atoms with Gasteiger partial charge in [-0.3, -0.25) is 9.98 Å². The van der Waals surface area contributed by atoms with E-state index in [1.807, 2.05) is 12.3 Å². The Balaban J connectivity index is 1.83. The third kappa shape index (κ3) is 3.01. The minimum Gasteiger partial charge on any atom is -0.493 e. The Bertz CT molecular complexity index is 803. The van der Waals surface area contributed by atoms with E-state index in [0.717, 1.165) is 49.8 Å². The monoisotopic (exact) mass is 433 g/mol. The predicted octanol–water partition coefficient (Wildman–Crippen LogP) is 3.45. The maximum absolute atomic E-state index is 6.00. The highest BCUT2D eigenvalue weighted by molar-refractivity contribution is 14.1. The summed E-state index contributed by atoms with van der Waals surface area (Å²) in [5.41, 5.74) is 4.89. The smallest absolute Gasteiger partial charge is 0.126 e. The Morgan fingerprint density at radius 1 is 1.38 bits per heavy atom. The summed E-state index contributed by atoms with van der Waals surface area (Å²) in [6, 6.07) is 8.62. The van der Waals surface area contributed by atoms with Gasteiger partial charge < -0.3 is 10.1 Å². The van der Waals surface area contributed by atoms with Crippen LogP contribution >= 0.6 is 22.6 Å². The van der Waals surface area contributed by atoms with Crippen LogP contribution in [0.4, 0.5) is 0 Å². The first-order valence-corrected chi connectivity index (χ1v) is 9.44. The number of aromatic nitrogens is 1. The lowest BCUT2D eigenvalue weighted by molar-refractivity contribution is 0.352. The molecule has 1 aromatic heterocycles. The standard InChI is InChI=1S/C19H20IN3O/c1-12-3-2-5-23-18(12)15(11-17-21-6-7-22-17)16-10-14(20)9-13-4-8-24-19(13)16/h2-3,5,9-10,15H,4,6-8,11H2,1H3,(H,21,22). The Labute approximate surface area is 155 Å². The SMILES string of the molecule is Cc1cccnc1C(CC1=NCCN1)c1cc(I)cc2c1OCC2. The highest BCUT2D eigenvalue weighted by Gasteiger charge is 2.28. The maximum Gasteiger partial charge on any atom is 0.126 e. The molecule has 0 radical (unpaired) electrons. The minimum absolute atomic E-state index is 0.164. The van der Waals surface area contributed by atoms with Crippen LogP contribution in [0.2, 0.25) is 0 Å². The van der Waals surface area contributed by atoms with Crippen LogP contribution in [0.25, 0.3) is 0 Å². The van der Waals surface area contributed by atoms with Crippen LogP contribution < -0.4 is 10.1 Å². The number of benzene rings is 1. The summed E-state index contributed by atoms with van der Waals surface area (Å²) >= 11 is 2.40. The van der Waals surface area contributed by atoms with E-state index in [1.165, 1.54) is 20.3 Å². The first-order chi connectivity index (χ1) is 11.7. The van der Waals surface area contributed by atoms with Crippen molar-refractivity contribution in [3.63, 3.8) is 0 Å². The number of hydrogen-bond acceptors (Lipinski definition) is 4. The van der Waals surface area contributed by atoms with Crippen molar-refractivity contribution in [2.24, 2.45) is 4.99 Å². The van der Waals surface area contributed by atoms with Crippen molar-refractivity contribution in [3.05, 3.63) is 56.4 Å². The number of amidine groups is 1. The van der Waals surface area contributed by atoms with Gasteiger partial charge in [-0.1, -0.05) is 6.07 Å². The molecule has 2 aromatic rings. The van der Waals surface area contributed by atoms with E-state index < -0.39 is 0 Å². The first-order valence-electron chi connectivity index (χ1n) is 8.36. The normalized spacial score (nSPS) is 17.0. The largest absolute Gasteiger partial charge is 0.493 e. The van der Waals surface area contributed by atoms with E-state index in [-0.39, 0.29) is 5.92 Å². The molecule has 1 unspecified atom stereocenters. The van der Waals surface area contributed by atoms with Crippen LogP contribution in [-0.4, -0.2) is 30.5 Å². The summed E-state index contributed by atoms with van der Waals surface area (Å²) < 4.78 is 7.26. The van der Waals surface area contributed by atoms with Crippen molar-refractivity contribution >= 4 is 28.4 Å². The molecule has 4 nitrogen and oxygen atoms in total. The lowest BCUT2D eigenvalue weighted by Gasteiger charge is -2.21. The third-order valence-electron chi connectivity index (χ3n) is 4.67. The van der Waals surface area contributed by atoms with Gasteiger partial charge in [0.15, 0.2) is 0 Å². The molecule has 5 heteroatoms. The second-order valence-corrected chi connectivity index (χ2v) is 7.54. The van der Waals surface area contributed by atoms with Gasteiger partial charge in [0.2, 0.25) is 0 Å². The number of nitrogens with zero attached hydrogens (tertiary/aromatic N) is 2. The lowest BCUT2D eigenvalue weighted by atomic mass is 9.87. The second-order valence-electron chi connectivity index (χ2n) is 6.30. The van der Waals surface area contributed by atoms with Gasteiger partial charge >= 0.3 is 0 Å². The molecule has 0 saturated heterocycles. The summed E-state index contributed by atoms with van der Waals surface area (Å²) in [4.78, 5) is 9.32. The van der Waals surface area contributed by atoms with Gasteiger partial charge in [-0.2, -0.15) is 0 Å². The zero-order chi connectivity index (χ0) is 16.5. The second kappa shape index (κ2) is 6.70. The summed E-state index contributed by atoms with van der Waals surface area (Å²) in [6.07, 6.45) is 3.72. The number of pyridine rings is 1. The number of aliphatic imine (C=N–C) groups is 1. The molecule has 1 aromatic carbocycles. The number of fused-ring (bicyclic) bond motifs is 1. The fourth-order valence-electron chi connectivity index (χ4n) is 3.55. The van der Waals surface area contributed by atoms with Crippen molar-refractivity contribution in [1.82, 2.24) is 10.3 Å². The van der Waals surface area contributed by atoms with E-state index in [1.54, 1.807) is 0 Å². The number of halogens is 1. The van der Waals surface area contributed by atoms with E-state index in [9.17, 15) is 0 Å². The lowest BCUT2D eigenvalue weighted by Crippen LogP contribution is -2.22. The molecule has 0 saturated carbocycles. The van der Waals surface area contributed by atoms with Gasteiger partial charge in [0.25, 0.3) is 0 Å². The van der Waals surface area contributed by atoms with E-state index in [0.29, 0.717) is 0 Å². The molecule has 0 aliphatic carbocycles. The average molecular weight is 433 g/mol. The van der Waals surface area contributed by atoms with E-state index >= 15 is 0 Å². The molecule has 0 spiro atoms. The van der Waals surface area contributed by atoms with Gasteiger partial charge in [0, 0.05) is 40.6 Å². The molecule has 3 heterocycles. The van der Waals surface area contributed by atoms with Crippen LogP contribution in [0.5, 0.6) is 5.75 Å². The minimum atomic E-state index is 0.164. The Kier molecular flexibility index (Phi) is 4.43. The van der Waals surface area contributed by atoms with Crippen molar-refractivity contribution < 1.29 is 4.74 Å². The van der Waals surface area contributed by atoms with E-state index in [2.05, 4.69) is 58.0 Å². The van der Waals surface area contributed by atoms with Gasteiger partial charge in [0.1, 0.15) is 5.75 Å². The van der Waals surface area contributed by atoms with Crippen molar-refractivity contribution in [2.45, 2.75) is 25.7 Å². The zero-order valence-corrected chi connectivity index (χ0v) is 15.8. The topological polar surface area (TPSA) is 46.5 Å². The number of hydrogen-bond donors (Lipinski definition) is 1. The van der Waals surface area contributed by atoms with Crippen molar-refractivity contribution in [2.75, 3.05) is 19.7 Å². The molecule has 1 N–H and O–H groups in total. The summed E-state index contributed by atoms with van der Waals surface area (Å²) in [7, 11) is 0. The molecule has 0 amide bonds. The number of nitrogens with one attached hydrogen (secondary N) is 1. The molecular formula is C19H20IN3O. The van der Waals surface area contributed by atoms with E-state index in [4.69, 9.17) is 9.72 Å². The molecule has 4 rings (SSSR count). The fraction of sp³-hybridized carbons (Fsp3) is 0.368. The summed E-state index contributed by atoms with van der Waals surface area (Å²) in [5, 5.41) is 3.41. The molecule has 124 valence electrons. The Hall–Kier alpha value is -1.63. The van der Waals surface area contributed by atoms with Gasteiger partial charge in [-0.15, -0.1) is 0 Å². The van der Waals surface area contributed by atoms with Crippen molar-refractivity contribution in [1.29, 1.82) is 0 Å². The average Bonchev–Trinajstić information content (AvgIpc) is 3.24. The van der Waals surface area contributed by atoms with Crippen LogP contribution in [-0.2, 0) is 6.42 Å². The van der Waals surface area contributed by atoms with Crippen LogP contribution in [0.1, 0.15) is 34.7 Å². The van der Waals surface area contributed by atoms with Crippen LogP contribution in [0.3, 0.4) is 0 Å². The van der Waals surface area contributed by atoms with Gasteiger partial charge in [-0.05, 0) is 58.8 Å². The third-order valence-corrected chi connectivity index (χ3v) is 5.30. The first kappa shape index (κ1) is 15.9. The summed E-state index contributed by atoms with van der Waals surface area (Å²) in [5.74, 6) is 2.30. The molecule has 24 heavy (non-hydrogen) atoms. The highest BCUT2D eigenvalue weighted by Crippen LogP contribution is 2.40. The van der Waals surface area contributed by atoms with Crippen molar-refractivity contribution in [3.8, 4) is 5.75 Å². The van der Waals surface area contributed by atoms with Crippen LogP contribution in [0, 0.1) is 10.5 Å². The van der Waals surface area contributed by atoms with Gasteiger partial charge in [-0.25, -0.2) is 0 Å². The summed E-state index contributed by atoms with van der Waals surface area (Å²) in [6.45, 7) is 4.71. The number of ether oxygens (including phenoxy) is 1. The Morgan fingerprint density at radius 2 is 2.29 bits per heavy atom. The molecule has 2 aliphatic rings. The molecule has 0 bridgehead atoms. The quantitative estimate of drug-likeness (QED) is 0.752. The zero-order valence-electron chi connectivity index (χ0n) is 13.7. The molecule has 2 aliphatic heterocycles. The van der Waals surface area contributed by atoms with Gasteiger partial charge in [0.05, 0.1) is 24.7 Å².